The Morgan fingerprint density at radius 2 is 2.24 bits per heavy atom. The van der Waals surface area contributed by atoms with Crippen molar-refractivity contribution in [3.05, 3.63) is 24.0 Å². The Kier molecular flexibility index (Phi) is 4.71. The second kappa shape index (κ2) is 6.05. The number of carboxylic acids is 1. The van der Waals surface area contributed by atoms with Crippen molar-refractivity contribution in [1.29, 1.82) is 0 Å². The van der Waals surface area contributed by atoms with Crippen LogP contribution in [0, 0.1) is 0 Å². The zero-order valence-corrected chi connectivity index (χ0v) is 9.92. The Morgan fingerprint density at radius 3 is 2.82 bits per heavy atom. The van der Waals surface area contributed by atoms with Crippen molar-refractivity contribution in [1.82, 2.24) is 9.47 Å². The van der Waals surface area contributed by atoms with Crippen LogP contribution in [0.25, 0.3) is 0 Å². The molecule has 1 aromatic rings. The highest BCUT2D eigenvalue weighted by Gasteiger charge is 2.16. The van der Waals surface area contributed by atoms with E-state index in [0.29, 0.717) is 18.8 Å². The van der Waals surface area contributed by atoms with Crippen molar-refractivity contribution >= 4 is 11.9 Å². The third kappa shape index (κ3) is 3.60. The molecule has 0 aliphatic heterocycles. The summed E-state index contributed by atoms with van der Waals surface area (Å²) in [5, 5.41) is 8.71. The number of hydrogen-bond acceptors (Lipinski definition) is 3. The number of likely N-dealkylation sites (N-methyl/N-ethyl adjacent to an activating group) is 1. The lowest BCUT2D eigenvalue weighted by Gasteiger charge is -2.17. The maximum Gasteiger partial charge on any atom is 0.323 e. The molecule has 0 saturated heterocycles. The van der Waals surface area contributed by atoms with Gasteiger partial charge in [-0.2, -0.15) is 0 Å². The number of hydrogen-bond donors (Lipinski definition) is 1. The first-order chi connectivity index (χ1) is 8.06. The average molecular weight is 240 g/mol. The van der Waals surface area contributed by atoms with Crippen LogP contribution in [0.1, 0.15) is 10.5 Å². The molecule has 0 saturated carbocycles. The van der Waals surface area contributed by atoms with Gasteiger partial charge in [-0.3, -0.25) is 9.59 Å². The third-order valence-electron chi connectivity index (χ3n) is 2.33. The first-order valence-electron chi connectivity index (χ1n) is 5.17. The Morgan fingerprint density at radius 1 is 1.53 bits per heavy atom. The van der Waals surface area contributed by atoms with Crippen LogP contribution < -0.4 is 0 Å². The second-order valence-electron chi connectivity index (χ2n) is 3.63. The predicted octanol–water partition coefficient (Wildman–Crippen LogP) is 0.291. The van der Waals surface area contributed by atoms with E-state index in [1.165, 1.54) is 9.47 Å². The molecule has 0 aliphatic carbocycles. The monoisotopic (exact) mass is 240 g/mol. The van der Waals surface area contributed by atoms with E-state index in [1.807, 2.05) is 0 Å². The molecule has 1 N–H and O–H groups in total. The molecule has 0 radical (unpaired) electrons. The van der Waals surface area contributed by atoms with E-state index in [0.717, 1.165) is 0 Å². The van der Waals surface area contributed by atoms with Gasteiger partial charge in [-0.05, 0) is 12.1 Å². The van der Waals surface area contributed by atoms with E-state index in [2.05, 4.69) is 0 Å². The van der Waals surface area contributed by atoms with Crippen LogP contribution in [0.3, 0.4) is 0 Å². The van der Waals surface area contributed by atoms with Gasteiger partial charge in [0, 0.05) is 26.9 Å². The molecule has 0 fully saturated rings. The number of rotatable bonds is 6. The highest BCUT2D eigenvalue weighted by molar-refractivity contribution is 5.93. The van der Waals surface area contributed by atoms with Crippen molar-refractivity contribution in [2.24, 2.45) is 0 Å². The van der Waals surface area contributed by atoms with Gasteiger partial charge in [-0.1, -0.05) is 0 Å². The summed E-state index contributed by atoms with van der Waals surface area (Å²) in [7, 11) is 3.21. The number of aromatic nitrogens is 1. The van der Waals surface area contributed by atoms with Crippen molar-refractivity contribution in [3.8, 4) is 0 Å². The molecule has 0 unspecified atom stereocenters. The number of aliphatic carboxylic acids is 1. The van der Waals surface area contributed by atoms with Gasteiger partial charge in [0.2, 0.25) is 0 Å². The smallest absolute Gasteiger partial charge is 0.323 e. The highest BCUT2D eigenvalue weighted by atomic mass is 16.5. The predicted molar refractivity (Wildman–Crippen MR) is 60.9 cm³/mol. The van der Waals surface area contributed by atoms with Crippen LogP contribution in [-0.2, 0) is 16.1 Å². The van der Waals surface area contributed by atoms with Crippen LogP contribution in [0.15, 0.2) is 18.3 Å². The Hall–Kier alpha value is -1.82. The number of ether oxygens (including phenoxy) is 1. The summed E-state index contributed by atoms with van der Waals surface area (Å²) >= 11 is 0. The van der Waals surface area contributed by atoms with Gasteiger partial charge in [0.05, 0.1) is 6.61 Å². The molecule has 17 heavy (non-hydrogen) atoms. The quantitative estimate of drug-likeness (QED) is 0.775. The molecule has 0 bridgehead atoms. The minimum Gasteiger partial charge on any atom is -0.480 e. The molecular weight excluding hydrogens is 224 g/mol. The van der Waals surface area contributed by atoms with Gasteiger partial charge in [-0.25, -0.2) is 0 Å². The fourth-order valence-corrected chi connectivity index (χ4v) is 1.42. The van der Waals surface area contributed by atoms with E-state index in [9.17, 15) is 9.59 Å². The zero-order valence-electron chi connectivity index (χ0n) is 9.92. The van der Waals surface area contributed by atoms with Crippen molar-refractivity contribution in [2.75, 3.05) is 27.3 Å². The first-order valence-corrected chi connectivity index (χ1v) is 5.17. The summed E-state index contributed by atoms with van der Waals surface area (Å²) in [4.78, 5) is 24.1. The standard InChI is InChI=1S/C11H16N2O4/c1-12(6-7-17-2)11(16)9-4-3-5-13(9)8-10(14)15/h3-5H,6-8H2,1-2H3,(H,14,15). The maximum absolute atomic E-state index is 12.0. The lowest BCUT2D eigenvalue weighted by Crippen LogP contribution is -2.31. The second-order valence-corrected chi connectivity index (χ2v) is 3.63. The topological polar surface area (TPSA) is 71.8 Å². The van der Waals surface area contributed by atoms with Crippen molar-refractivity contribution in [3.63, 3.8) is 0 Å². The maximum atomic E-state index is 12.0. The molecule has 0 atom stereocenters. The molecular formula is C11H16N2O4. The van der Waals surface area contributed by atoms with E-state index < -0.39 is 5.97 Å². The van der Waals surface area contributed by atoms with Gasteiger partial charge >= 0.3 is 5.97 Å². The molecule has 94 valence electrons. The molecule has 0 aliphatic rings. The van der Waals surface area contributed by atoms with Crippen molar-refractivity contribution < 1.29 is 19.4 Å². The largest absolute Gasteiger partial charge is 0.480 e. The zero-order chi connectivity index (χ0) is 12.8. The molecule has 1 amide bonds. The van der Waals surface area contributed by atoms with Crippen LogP contribution in [0.5, 0.6) is 0 Å². The van der Waals surface area contributed by atoms with Gasteiger partial charge in [0.1, 0.15) is 12.2 Å². The van der Waals surface area contributed by atoms with Crippen LogP contribution >= 0.6 is 0 Å². The molecule has 0 aromatic carbocycles. The van der Waals surface area contributed by atoms with Gasteiger partial charge in [-0.15, -0.1) is 0 Å². The SMILES string of the molecule is COCCN(C)C(=O)c1cccn1CC(=O)O. The molecule has 1 aromatic heterocycles. The number of methoxy groups -OCH3 is 1. The van der Waals surface area contributed by atoms with E-state index in [1.54, 1.807) is 32.5 Å². The summed E-state index contributed by atoms with van der Waals surface area (Å²) in [6.45, 7) is 0.696. The number of carboxylic acid groups (broad SMARTS) is 1. The molecule has 1 heterocycles. The van der Waals surface area contributed by atoms with Gasteiger partial charge < -0.3 is 19.3 Å². The Bertz CT molecular complexity index is 400. The lowest BCUT2D eigenvalue weighted by atomic mass is 10.3. The Balaban J connectivity index is 2.74. The molecule has 6 heteroatoms. The minimum atomic E-state index is -0.977. The van der Waals surface area contributed by atoms with Gasteiger partial charge in [0.25, 0.3) is 5.91 Å². The first kappa shape index (κ1) is 13.2. The van der Waals surface area contributed by atoms with Crippen molar-refractivity contribution in [2.45, 2.75) is 6.54 Å². The number of carbonyl (C=O) groups is 2. The summed E-state index contributed by atoms with van der Waals surface area (Å²) < 4.78 is 6.29. The lowest BCUT2D eigenvalue weighted by molar-refractivity contribution is -0.137. The normalized spacial score (nSPS) is 10.2. The van der Waals surface area contributed by atoms with Gasteiger partial charge in [0.15, 0.2) is 0 Å². The molecule has 1 rings (SSSR count). The summed E-state index contributed by atoms with van der Waals surface area (Å²) in [6, 6.07) is 3.26. The number of nitrogens with zero attached hydrogens (tertiary/aromatic N) is 2. The fourth-order valence-electron chi connectivity index (χ4n) is 1.42. The molecule has 6 nitrogen and oxygen atoms in total. The van der Waals surface area contributed by atoms with Crippen LogP contribution in [-0.4, -0.2) is 53.8 Å². The van der Waals surface area contributed by atoms with Crippen LogP contribution in [0.2, 0.25) is 0 Å². The summed E-state index contributed by atoms with van der Waals surface area (Å²) in [6.07, 6.45) is 1.57. The summed E-state index contributed by atoms with van der Waals surface area (Å²) in [5.74, 6) is -1.19. The van der Waals surface area contributed by atoms with E-state index in [4.69, 9.17) is 9.84 Å². The summed E-state index contributed by atoms with van der Waals surface area (Å²) in [5.41, 5.74) is 0.367. The fraction of sp³-hybridized carbons (Fsp3) is 0.455. The molecule has 0 spiro atoms. The van der Waals surface area contributed by atoms with Crippen LogP contribution in [0.4, 0.5) is 0 Å². The highest BCUT2D eigenvalue weighted by Crippen LogP contribution is 2.05. The number of carbonyl (C=O) groups excluding carboxylic acids is 1. The third-order valence-corrected chi connectivity index (χ3v) is 2.33. The average Bonchev–Trinajstić information content (AvgIpc) is 2.71. The van der Waals surface area contributed by atoms with E-state index in [-0.39, 0.29) is 12.5 Å². The van der Waals surface area contributed by atoms with E-state index >= 15 is 0 Å². The number of amides is 1. The Labute approximate surface area is 99.4 Å². The minimum absolute atomic E-state index is 0.215.